The van der Waals surface area contributed by atoms with E-state index < -0.39 is 5.97 Å². The predicted octanol–water partition coefficient (Wildman–Crippen LogP) is 8.77. The van der Waals surface area contributed by atoms with Gasteiger partial charge in [-0.1, -0.05) is 62.2 Å². The highest BCUT2D eigenvalue weighted by atomic mass is 35.5. The molecule has 1 unspecified atom stereocenters. The van der Waals surface area contributed by atoms with E-state index in [0.717, 1.165) is 35.1 Å². The van der Waals surface area contributed by atoms with Crippen molar-refractivity contribution in [1.29, 1.82) is 0 Å². The molecule has 2 aromatic heterocycles. The molecule has 1 aliphatic rings. The predicted molar refractivity (Wildman–Crippen MR) is 161 cm³/mol. The first-order valence-electron chi connectivity index (χ1n) is 12.9. The molecule has 0 radical (unpaired) electrons. The Kier molecular flexibility index (Phi) is 7.49. The van der Waals surface area contributed by atoms with E-state index in [0.29, 0.717) is 54.4 Å². The first kappa shape index (κ1) is 27.6. The van der Waals surface area contributed by atoms with Crippen LogP contribution in [0.3, 0.4) is 0 Å². The molecule has 1 aliphatic carbocycles. The van der Waals surface area contributed by atoms with Gasteiger partial charge >= 0.3 is 5.97 Å². The van der Waals surface area contributed by atoms with Crippen LogP contribution in [0, 0.1) is 18.3 Å². The Labute approximate surface area is 242 Å². The molecule has 0 bridgehead atoms. The van der Waals surface area contributed by atoms with Gasteiger partial charge in [-0.05, 0) is 72.9 Å². The van der Waals surface area contributed by atoms with Gasteiger partial charge in [-0.3, -0.25) is 4.79 Å². The number of nitrogens with one attached hydrogen (secondary N) is 1. The highest BCUT2D eigenvalue weighted by molar-refractivity contribution is 7.17. The smallest absolute Gasteiger partial charge is 0.341 e. The zero-order valence-corrected chi connectivity index (χ0v) is 24.9. The summed E-state index contributed by atoms with van der Waals surface area (Å²) >= 11 is 14.2. The van der Waals surface area contributed by atoms with Gasteiger partial charge in [-0.2, -0.15) is 0 Å². The lowest BCUT2D eigenvalue weighted by molar-refractivity contribution is 0.0600. The highest BCUT2D eigenvalue weighted by Crippen LogP contribution is 2.45. The van der Waals surface area contributed by atoms with Gasteiger partial charge in [0, 0.05) is 20.8 Å². The number of aromatic nitrogens is 1. The molecular weight excluding hydrogens is 551 g/mol. The van der Waals surface area contributed by atoms with Crippen molar-refractivity contribution >= 4 is 62.3 Å². The Bertz CT molecular complexity index is 1620. The third kappa shape index (κ3) is 5.18. The fraction of sp³-hybridized carbons (Fsp3) is 0.323. The second-order valence-electron chi connectivity index (χ2n) is 11.1. The van der Waals surface area contributed by atoms with E-state index in [1.807, 2.05) is 37.3 Å². The summed E-state index contributed by atoms with van der Waals surface area (Å²) < 4.78 is 5.16. The number of para-hydroxylation sites is 1. The fourth-order valence-electron chi connectivity index (χ4n) is 5.44. The van der Waals surface area contributed by atoms with E-state index in [1.165, 1.54) is 18.4 Å². The summed E-state index contributed by atoms with van der Waals surface area (Å²) in [6.07, 6.45) is 2.65. The van der Waals surface area contributed by atoms with Gasteiger partial charge < -0.3 is 10.1 Å². The molecule has 1 N–H and O–H groups in total. The monoisotopic (exact) mass is 580 g/mol. The van der Waals surface area contributed by atoms with E-state index in [1.54, 1.807) is 12.1 Å². The van der Waals surface area contributed by atoms with Gasteiger partial charge in [-0.25, -0.2) is 9.78 Å². The molecule has 0 aliphatic heterocycles. The van der Waals surface area contributed by atoms with Crippen molar-refractivity contribution in [2.45, 2.75) is 47.0 Å². The number of ether oxygens (including phenoxy) is 1. The number of hydrogen-bond acceptors (Lipinski definition) is 5. The number of pyridine rings is 1. The van der Waals surface area contributed by atoms with Crippen molar-refractivity contribution in [3.63, 3.8) is 0 Å². The second-order valence-corrected chi connectivity index (χ2v) is 13.0. The second kappa shape index (κ2) is 10.6. The molecule has 0 saturated carbocycles. The van der Waals surface area contributed by atoms with Crippen molar-refractivity contribution in [2.24, 2.45) is 11.3 Å². The van der Waals surface area contributed by atoms with Gasteiger partial charge in [0.25, 0.3) is 5.91 Å². The maximum Gasteiger partial charge on any atom is 0.341 e. The number of esters is 1. The average Bonchev–Trinajstić information content (AvgIpc) is 3.24. The van der Waals surface area contributed by atoms with Crippen molar-refractivity contribution in [3.8, 4) is 11.3 Å². The van der Waals surface area contributed by atoms with Crippen LogP contribution >= 0.6 is 34.5 Å². The molecule has 5 rings (SSSR count). The van der Waals surface area contributed by atoms with E-state index in [9.17, 15) is 9.59 Å². The minimum Gasteiger partial charge on any atom is -0.465 e. The van der Waals surface area contributed by atoms with Gasteiger partial charge in [0.15, 0.2) is 0 Å². The number of amides is 1. The zero-order chi connectivity index (χ0) is 28.1. The van der Waals surface area contributed by atoms with E-state index in [2.05, 4.69) is 26.1 Å². The Hall–Kier alpha value is -2.93. The number of carbonyl (C=O) groups is 2. The summed E-state index contributed by atoms with van der Waals surface area (Å²) in [6.45, 7) is 8.62. The molecule has 2 heterocycles. The largest absolute Gasteiger partial charge is 0.465 e. The third-order valence-electron chi connectivity index (χ3n) is 7.66. The van der Waals surface area contributed by atoms with Crippen molar-refractivity contribution in [2.75, 3.05) is 12.4 Å². The lowest BCUT2D eigenvalue weighted by Gasteiger charge is -2.33. The van der Waals surface area contributed by atoms with Crippen LogP contribution in [0.5, 0.6) is 0 Å². The molecule has 0 saturated heterocycles. The van der Waals surface area contributed by atoms with Crippen LogP contribution in [-0.4, -0.2) is 24.0 Å². The summed E-state index contributed by atoms with van der Waals surface area (Å²) in [5.74, 6) is -0.244. The molecule has 1 amide bonds. The average molecular weight is 582 g/mol. The molecule has 39 heavy (non-hydrogen) atoms. The quantitative estimate of drug-likeness (QED) is 0.245. The number of hydrogen-bond donors (Lipinski definition) is 1. The van der Waals surface area contributed by atoms with Crippen LogP contribution in [0.25, 0.3) is 22.2 Å². The molecule has 0 spiro atoms. The number of halogens is 2. The minimum absolute atomic E-state index is 0.156. The highest BCUT2D eigenvalue weighted by Gasteiger charge is 2.34. The van der Waals surface area contributed by atoms with Gasteiger partial charge in [-0.15, -0.1) is 11.3 Å². The maximum atomic E-state index is 14.0. The van der Waals surface area contributed by atoms with E-state index in [4.69, 9.17) is 32.9 Å². The number of benzene rings is 2. The van der Waals surface area contributed by atoms with Crippen LogP contribution in [0.1, 0.15) is 63.9 Å². The number of thiophene rings is 1. The van der Waals surface area contributed by atoms with Crippen LogP contribution in [0.15, 0.2) is 42.5 Å². The fourth-order valence-corrected chi connectivity index (χ4v) is 7.25. The molecule has 4 aromatic rings. The maximum absolute atomic E-state index is 14.0. The molecular formula is C31H30Cl2N2O3S. The van der Waals surface area contributed by atoms with Gasteiger partial charge in [0.1, 0.15) is 5.00 Å². The first-order valence-corrected chi connectivity index (χ1v) is 14.5. The summed E-state index contributed by atoms with van der Waals surface area (Å²) in [5, 5.41) is 5.30. The van der Waals surface area contributed by atoms with Crippen LogP contribution in [0.2, 0.25) is 10.0 Å². The van der Waals surface area contributed by atoms with Crippen molar-refractivity contribution < 1.29 is 14.3 Å². The van der Waals surface area contributed by atoms with Crippen LogP contribution in [-0.2, 0) is 17.6 Å². The van der Waals surface area contributed by atoms with Gasteiger partial charge in [0.05, 0.1) is 34.5 Å². The van der Waals surface area contributed by atoms with E-state index >= 15 is 0 Å². The minimum atomic E-state index is -0.429. The molecule has 0 fully saturated rings. The van der Waals surface area contributed by atoms with Crippen LogP contribution in [0.4, 0.5) is 5.00 Å². The first-order chi connectivity index (χ1) is 18.5. The normalized spacial score (nSPS) is 15.2. The van der Waals surface area contributed by atoms with Crippen LogP contribution < -0.4 is 5.32 Å². The zero-order valence-electron chi connectivity index (χ0n) is 22.6. The van der Waals surface area contributed by atoms with Crippen molar-refractivity contribution in [3.05, 3.63) is 79.6 Å². The number of rotatable bonds is 4. The lowest BCUT2D eigenvalue weighted by Crippen LogP contribution is -2.26. The molecule has 2 aromatic carbocycles. The third-order valence-corrected chi connectivity index (χ3v) is 9.37. The number of nitrogens with zero attached hydrogens (tertiary/aromatic N) is 1. The number of methoxy groups -OCH3 is 1. The number of fused-ring (bicyclic) bond motifs is 2. The summed E-state index contributed by atoms with van der Waals surface area (Å²) in [6, 6.07) is 12.7. The Morgan fingerprint density at radius 3 is 2.54 bits per heavy atom. The topological polar surface area (TPSA) is 68.3 Å². The molecule has 202 valence electrons. The lowest BCUT2D eigenvalue weighted by atomic mass is 9.72. The molecule has 5 nitrogen and oxygen atoms in total. The Balaban J connectivity index is 1.62. The molecule has 8 heteroatoms. The SMILES string of the molecule is COC(=O)c1c(NC(=O)c2c(C)c(-c3ccc(Cl)cc3Cl)nc3ccccc23)sc2c1CCC(C(C)(C)C)C2. The standard InChI is InChI=1S/C31H30Cl2N2O3S/c1-16-25(20-8-6-7-9-23(20)34-27(16)19-13-11-18(32)15-22(19)33)28(36)35-29-26(30(37)38-5)21-12-10-17(31(2,3)4)14-24(21)39-29/h6-9,11,13,15,17H,10,12,14H2,1-5H3,(H,35,36). The summed E-state index contributed by atoms with van der Waals surface area (Å²) in [4.78, 5) is 33.0. The van der Waals surface area contributed by atoms with E-state index in [-0.39, 0.29) is 11.3 Å². The Morgan fingerprint density at radius 1 is 1.10 bits per heavy atom. The number of anilines is 1. The molecule has 1 atom stereocenters. The summed E-state index contributed by atoms with van der Waals surface area (Å²) in [7, 11) is 1.38. The summed E-state index contributed by atoms with van der Waals surface area (Å²) in [5.41, 5.74) is 4.74. The van der Waals surface area contributed by atoms with Gasteiger partial charge in [0.2, 0.25) is 0 Å². The Morgan fingerprint density at radius 2 is 1.85 bits per heavy atom. The van der Waals surface area contributed by atoms with Crippen molar-refractivity contribution in [1.82, 2.24) is 4.98 Å². The number of carbonyl (C=O) groups excluding carboxylic acids is 2.